The number of piperidine rings is 3. The number of carbonyl (C=O) groups excluding carboxylic acids is 3. The third-order valence-corrected chi connectivity index (χ3v) is 12.4. The summed E-state index contributed by atoms with van der Waals surface area (Å²) in [6, 6.07) is 16.1. The molecule has 0 atom stereocenters. The number of rotatable bonds is 7. The summed E-state index contributed by atoms with van der Waals surface area (Å²) in [5.74, 6) is 1.30. The van der Waals surface area contributed by atoms with Gasteiger partial charge in [-0.15, -0.1) is 10.2 Å². The lowest BCUT2D eigenvalue weighted by molar-refractivity contribution is -0.120. The van der Waals surface area contributed by atoms with E-state index in [9.17, 15) is 14.4 Å². The Kier molecular flexibility index (Phi) is 10.8. The summed E-state index contributed by atoms with van der Waals surface area (Å²) in [6.07, 6.45) is 12.5. The molecule has 6 aliphatic rings. The molecule has 3 N–H and O–H groups in total. The number of nitriles is 1. The number of imide groups is 1. The summed E-state index contributed by atoms with van der Waals surface area (Å²) in [5, 5.41) is 37.7. The molecule has 2 saturated carbocycles. The summed E-state index contributed by atoms with van der Waals surface area (Å²) in [5.41, 5.74) is 2.89. The number of fused-ring (bicyclic) bond motifs is 3. The van der Waals surface area contributed by atoms with Crippen molar-refractivity contribution in [3.63, 3.8) is 0 Å². The Labute approximate surface area is 330 Å². The molecule has 6 heterocycles. The number of amides is 4. The minimum atomic E-state index is -0.370. The predicted octanol–water partition coefficient (Wildman–Crippen LogP) is 5.81. The molecule has 4 amide bonds. The lowest BCUT2D eigenvalue weighted by Gasteiger charge is -2.58. The normalized spacial score (nSPS) is 23.1. The Bertz CT molecular complexity index is 2130. The molecule has 15 heteroatoms. The first kappa shape index (κ1) is 37.7. The van der Waals surface area contributed by atoms with E-state index in [1.54, 1.807) is 4.90 Å². The van der Waals surface area contributed by atoms with Crippen LogP contribution in [0.5, 0.6) is 5.75 Å². The van der Waals surface area contributed by atoms with E-state index < -0.39 is 0 Å². The summed E-state index contributed by atoms with van der Waals surface area (Å²) >= 11 is 5.55. The molecule has 10 rings (SSSR count). The molecule has 0 unspecified atom stereocenters. The van der Waals surface area contributed by atoms with Crippen molar-refractivity contribution in [2.45, 2.75) is 76.3 Å². The number of hydrogen-bond donors (Lipinski definition) is 3. The van der Waals surface area contributed by atoms with E-state index in [1.165, 1.54) is 50.3 Å². The van der Waals surface area contributed by atoms with Gasteiger partial charge in [-0.2, -0.15) is 10.4 Å². The topological polar surface area (TPSA) is 173 Å². The minimum Gasteiger partial charge on any atom is -0.508 e. The molecule has 4 aliphatic heterocycles. The van der Waals surface area contributed by atoms with Crippen LogP contribution in [0.4, 0.5) is 16.3 Å². The van der Waals surface area contributed by atoms with Gasteiger partial charge in [0.1, 0.15) is 11.8 Å². The minimum absolute atomic E-state index is 0.0731. The van der Waals surface area contributed by atoms with Crippen LogP contribution >= 0.6 is 11.6 Å². The fourth-order valence-electron chi connectivity index (χ4n) is 9.45. The highest BCUT2D eigenvalue weighted by molar-refractivity contribution is 6.31. The molecule has 0 radical (unpaired) electrons. The molecule has 14 nitrogen and oxygen atoms in total. The van der Waals surface area contributed by atoms with Crippen LogP contribution in [0.2, 0.25) is 5.02 Å². The molecule has 2 aliphatic carbocycles. The molecule has 6 fully saturated rings. The Morgan fingerprint density at radius 1 is 1.02 bits per heavy atom. The van der Waals surface area contributed by atoms with Crippen LogP contribution in [0.1, 0.15) is 86.3 Å². The van der Waals surface area contributed by atoms with Gasteiger partial charge in [0.05, 0.1) is 34.0 Å². The summed E-state index contributed by atoms with van der Waals surface area (Å²) in [4.78, 5) is 43.6. The molecular formula is C41H47ClN10O4. The highest BCUT2D eigenvalue weighted by Gasteiger charge is 2.51. The van der Waals surface area contributed by atoms with E-state index in [1.807, 2.05) is 36.5 Å². The number of urea groups is 1. The van der Waals surface area contributed by atoms with Crippen molar-refractivity contribution in [1.82, 2.24) is 35.5 Å². The van der Waals surface area contributed by atoms with Crippen molar-refractivity contribution >= 4 is 51.9 Å². The Morgan fingerprint density at radius 2 is 1.82 bits per heavy atom. The zero-order valence-corrected chi connectivity index (χ0v) is 32.1. The van der Waals surface area contributed by atoms with Crippen molar-refractivity contribution in [2.24, 2.45) is 11.3 Å². The number of hydrogen-bond acceptors (Lipinski definition) is 10. The van der Waals surface area contributed by atoms with Gasteiger partial charge >= 0.3 is 6.03 Å². The van der Waals surface area contributed by atoms with E-state index >= 15 is 0 Å². The second-order valence-electron chi connectivity index (χ2n) is 16.1. The molecule has 2 aromatic carbocycles. The second-order valence-corrected chi connectivity index (χ2v) is 16.5. The first-order valence-corrected chi connectivity index (χ1v) is 20.1. The second kappa shape index (κ2) is 16.1. The van der Waals surface area contributed by atoms with Crippen molar-refractivity contribution in [1.29, 1.82) is 5.26 Å². The number of phenols is 1. The fourth-order valence-corrected chi connectivity index (χ4v) is 9.66. The number of anilines is 2. The van der Waals surface area contributed by atoms with Crippen molar-refractivity contribution in [3.05, 3.63) is 71.0 Å². The van der Waals surface area contributed by atoms with Gasteiger partial charge in [0.15, 0.2) is 11.5 Å². The summed E-state index contributed by atoms with van der Waals surface area (Å²) in [7, 11) is 0. The van der Waals surface area contributed by atoms with E-state index in [-0.39, 0.29) is 40.1 Å². The number of phenolic OH excluding ortho intramolecular Hbond substituents is 1. The number of benzene rings is 2. The average molecular weight is 779 g/mol. The number of carbonyl (C=O) groups is 3. The largest absolute Gasteiger partial charge is 0.508 e. The maximum Gasteiger partial charge on any atom is 0.328 e. The molecule has 0 spiro atoms. The van der Waals surface area contributed by atoms with Crippen molar-refractivity contribution < 1.29 is 19.5 Å². The number of aromatic nitrogens is 4. The Morgan fingerprint density at radius 3 is 2.54 bits per heavy atom. The number of halogens is 1. The van der Waals surface area contributed by atoms with Gasteiger partial charge in [-0.1, -0.05) is 36.9 Å². The molecular weight excluding hydrogens is 732 g/mol. The third-order valence-electron chi connectivity index (χ3n) is 12.1. The quantitative estimate of drug-likeness (QED) is 0.208. The highest BCUT2D eigenvalue weighted by atomic mass is 35.5. The van der Waals surface area contributed by atoms with Gasteiger partial charge in [-0.05, 0) is 86.9 Å². The van der Waals surface area contributed by atoms with Gasteiger partial charge in [0.2, 0.25) is 5.91 Å². The van der Waals surface area contributed by atoms with Gasteiger partial charge in [-0.3, -0.25) is 24.5 Å². The molecule has 2 aromatic heterocycles. The number of nitrogens with zero attached hydrogens (tertiary/aromatic N) is 8. The average Bonchev–Trinajstić information content (AvgIpc) is 3.63. The lowest BCUT2D eigenvalue weighted by Crippen LogP contribution is -2.61. The highest BCUT2D eigenvalue weighted by Crippen LogP contribution is 2.52. The standard InChI is InChI=1S/C34H43N9O3.C7H4ClNO/c44-31-13-16-42(33(46)37-31)28-7-4-8-29-26(28)19-35-43(29)25-11-14-40(15-12-25)21-34-17-23(18-34)20-41(22-34)30-10-9-27(38-39-30)32(45)36-24-5-2-1-3-6-24;8-7-3-6(10)2-1-5(7)4-9/h4,7-10,19,23-25H,1-3,5-6,11-18,20-22H2,(H,36,45)(H,37,44,46);1-3,10H. The summed E-state index contributed by atoms with van der Waals surface area (Å²) in [6.45, 7) is 5.51. The molecule has 2 bridgehead atoms. The van der Waals surface area contributed by atoms with Crippen LogP contribution in [-0.4, -0.2) is 93.1 Å². The zero-order chi connectivity index (χ0) is 38.8. The fraction of sp³-hybridized carbons (Fsp3) is 0.488. The van der Waals surface area contributed by atoms with Gasteiger partial charge in [0.25, 0.3) is 5.91 Å². The smallest absolute Gasteiger partial charge is 0.328 e. The predicted molar refractivity (Wildman–Crippen MR) is 212 cm³/mol. The van der Waals surface area contributed by atoms with Crippen molar-refractivity contribution in [2.75, 3.05) is 49.1 Å². The molecule has 56 heavy (non-hydrogen) atoms. The molecule has 4 saturated heterocycles. The first-order valence-electron chi connectivity index (χ1n) is 19.7. The van der Waals surface area contributed by atoms with E-state index in [0.717, 1.165) is 80.8 Å². The number of aromatic hydroxyl groups is 1. The zero-order valence-electron chi connectivity index (χ0n) is 31.4. The monoisotopic (exact) mass is 778 g/mol. The van der Waals surface area contributed by atoms with E-state index in [0.29, 0.717) is 36.2 Å². The van der Waals surface area contributed by atoms with Crippen LogP contribution < -0.4 is 20.4 Å². The van der Waals surface area contributed by atoms with E-state index in [2.05, 4.69) is 41.4 Å². The molecule has 292 valence electrons. The van der Waals surface area contributed by atoms with Crippen LogP contribution in [0.25, 0.3) is 10.9 Å². The lowest BCUT2D eigenvalue weighted by atomic mass is 9.58. The number of likely N-dealkylation sites (tertiary alicyclic amines) is 1. The van der Waals surface area contributed by atoms with Crippen LogP contribution in [0, 0.1) is 22.7 Å². The van der Waals surface area contributed by atoms with Crippen LogP contribution in [0.15, 0.2) is 54.7 Å². The maximum absolute atomic E-state index is 12.7. The first-order chi connectivity index (χ1) is 27.2. The maximum atomic E-state index is 12.7. The van der Waals surface area contributed by atoms with Crippen molar-refractivity contribution in [3.8, 4) is 11.8 Å². The van der Waals surface area contributed by atoms with Crippen LogP contribution in [-0.2, 0) is 4.79 Å². The van der Waals surface area contributed by atoms with Gasteiger partial charge in [0, 0.05) is 62.5 Å². The Hall–Kier alpha value is -5.26. The van der Waals surface area contributed by atoms with E-state index in [4.69, 9.17) is 27.1 Å². The Balaban J connectivity index is 0.000000386. The van der Waals surface area contributed by atoms with Gasteiger partial charge in [-0.25, -0.2) is 4.79 Å². The van der Waals surface area contributed by atoms with Gasteiger partial charge < -0.3 is 20.2 Å². The third kappa shape index (κ3) is 8.01. The number of nitrogens with one attached hydrogen (secondary N) is 2. The van der Waals surface area contributed by atoms with Crippen LogP contribution in [0.3, 0.4) is 0 Å². The molecule has 4 aromatic rings. The SMILES string of the molecule is N#Cc1ccc(O)cc1Cl.O=C1CCN(c2cccc3c2cnn3C2CCN(CC34CC(CN(c5ccc(C(=O)NC6CCCCC6)nn5)C3)C4)CC2)C(=O)N1. The summed E-state index contributed by atoms with van der Waals surface area (Å²) < 4.78 is 2.14.